The predicted molar refractivity (Wildman–Crippen MR) is 112 cm³/mol. The Bertz CT molecular complexity index is 852. The molecule has 30 heavy (non-hydrogen) atoms. The monoisotopic (exact) mass is 415 g/mol. The van der Waals surface area contributed by atoms with E-state index in [9.17, 15) is 14.7 Å². The molecule has 0 fully saturated rings. The van der Waals surface area contributed by atoms with Gasteiger partial charge in [0.15, 0.2) is 23.0 Å². The van der Waals surface area contributed by atoms with Gasteiger partial charge in [0.2, 0.25) is 0 Å². The summed E-state index contributed by atoms with van der Waals surface area (Å²) >= 11 is 0. The Morgan fingerprint density at radius 3 is 2.33 bits per heavy atom. The molecule has 0 saturated heterocycles. The Morgan fingerprint density at radius 2 is 1.73 bits per heavy atom. The molecule has 0 aliphatic rings. The van der Waals surface area contributed by atoms with E-state index in [1.165, 1.54) is 19.4 Å². The number of carbonyl (C=O) groups is 2. The first kappa shape index (κ1) is 23.2. The van der Waals surface area contributed by atoms with Gasteiger partial charge in [0, 0.05) is 18.7 Å². The minimum atomic E-state index is -0.713. The third-order valence-electron chi connectivity index (χ3n) is 4.70. The Morgan fingerprint density at radius 1 is 1.07 bits per heavy atom. The number of rotatable bonds is 10. The first-order valence-electron chi connectivity index (χ1n) is 9.91. The molecule has 1 aromatic heterocycles. The van der Waals surface area contributed by atoms with E-state index < -0.39 is 23.8 Å². The number of para-hydroxylation sites is 1. The molecule has 2 aromatic rings. The van der Waals surface area contributed by atoms with Crippen LogP contribution in [0.2, 0.25) is 0 Å². The molecule has 2 rings (SSSR count). The maximum atomic E-state index is 12.7. The van der Waals surface area contributed by atoms with Crippen molar-refractivity contribution in [2.24, 2.45) is 11.8 Å². The second-order valence-corrected chi connectivity index (χ2v) is 7.52. The van der Waals surface area contributed by atoms with Crippen LogP contribution in [0, 0.1) is 11.8 Å². The van der Waals surface area contributed by atoms with Crippen molar-refractivity contribution in [1.82, 2.24) is 4.98 Å². The number of carbonyl (C=O) groups excluding carboxylic acids is 2. The van der Waals surface area contributed by atoms with Crippen molar-refractivity contribution in [2.75, 3.05) is 7.11 Å². The normalized spacial score (nSPS) is 13.9. The van der Waals surface area contributed by atoms with Crippen LogP contribution in [0.5, 0.6) is 17.2 Å². The van der Waals surface area contributed by atoms with Crippen LogP contribution in [-0.4, -0.2) is 41.2 Å². The van der Waals surface area contributed by atoms with E-state index in [0.29, 0.717) is 5.75 Å². The molecule has 0 spiro atoms. The van der Waals surface area contributed by atoms with E-state index in [-0.39, 0.29) is 35.6 Å². The number of ether oxygens (including phenoxy) is 3. The second kappa shape index (κ2) is 10.6. The first-order chi connectivity index (χ1) is 14.2. The summed E-state index contributed by atoms with van der Waals surface area (Å²) in [6, 6.07) is 10.8. The molecule has 7 heteroatoms. The fourth-order valence-corrected chi connectivity index (χ4v) is 3.07. The Balaban J connectivity index is 2.02. The highest BCUT2D eigenvalue weighted by molar-refractivity contribution is 5.99. The maximum absolute atomic E-state index is 12.7. The van der Waals surface area contributed by atoms with Crippen molar-refractivity contribution >= 4 is 11.8 Å². The van der Waals surface area contributed by atoms with E-state index >= 15 is 0 Å². The minimum absolute atomic E-state index is 0.0136. The summed E-state index contributed by atoms with van der Waals surface area (Å²) in [5.74, 6) is -1.17. The zero-order chi connectivity index (χ0) is 22.3. The lowest BCUT2D eigenvalue weighted by Gasteiger charge is -2.29. The first-order valence-corrected chi connectivity index (χ1v) is 9.91. The van der Waals surface area contributed by atoms with Crippen LogP contribution in [0.25, 0.3) is 0 Å². The second-order valence-electron chi connectivity index (χ2n) is 7.52. The summed E-state index contributed by atoms with van der Waals surface area (Å²) in [5.41, 5.74) is -0.129. The number of nitrogens with zero attached hydrogens (tertiary/aromatic N) is 1. The maximum Gasteiger partial charge on any atom is 0.309 e. The molecule has 1 aromatic carbocycles. The largest absolute Gasteiger partial charge is 0.503 e. The fourth-order valence-electron chi connectivity index (χ4n) is 3.07. The number of aromatic nitrogens is 1. The minimum Gasteiger partial charge on any atom is -0.503 e. The molecule has 7 nitrogen and oxygen atoms in total. The number of hydrogen-bond acceptors (Lipinski definition) is 7. The standard InChI is InChI=1S/C23H29NO6/c1-14(2)22(16(4)29-17-9-7-6-8-10-17)30-23(27)15(3)13-18(25)20-21(26)19(28-5)11-12-24-20/h6-12,14-16,22,26H,13H2,1-5H3/t15-,16-,22+/m1/s1. The highest BCUT2D eigenvalue weighted by Crippen LogP contribution is 2.29. The fraction of sp³-hybridized carbons (Fsp3) is 0.435. The van der Waals surface area contributed by atoms with Crippen molar-refractivity contribution in [3.05, 3.63) is 48.3 Å². The smallest absolute Gasteiger partial charge is 0.309 e. The van der Waals surface area contributed by atoms with Crippen LogP contribution in [0.4, 0.5) is 0 Å². The van der Waals surface area contributed by atoms with Gasteiger partial charge in [-0.1, -0.05) is 39.0 Å². The summed E-state index contributed by atoms with van der Waals surface area (Å²) in [7, 11) is 1.38. The Hall–Kier alpha value is -3.09. The number of ketones is 1. The van der Waals surface area contributed by atoms with E-state index in [4.69, 9.17) is 14.2 Å². The molecule has 0 aliphatic carbocycles. The van der Waals surface area contributed by atoms with Gasteiger partial charge in [-0.2, -0.15) is 0 Å². The van der Waals surface area contributed by atoms with Gasteiger partial charge in [0.1, 0.15) is 18.0 Å². The molecule has 0 radical (unpaired) electrons. The van der Waals surface area contributed by atoms with E-state index in [1.807, 2.05) is 51.1 Å². The van der Waals surface area contributed by atoms with Crippen molar-refractivity contribution < 1.29 is 28.9 Å². The number of Topliss-reactive ketones (excluding diaryl/α,β-unsaturated/α-hetero) is 1. The molecular formula is C23H29NO6. The number of esters is 1. The zero-order valence-electron chi connectivity index (χ0n) is 18.0. The summed E-state index contributed by atoms with van der Waals surface area (Å²) in [6.45, 7) is 7.34. The quantitative estimate of drug-likeness (QED) is 0.462. The van der Waals surface area contributed by atoms with Crippen LogP contribution in [-0.2, 0) is 9.53 Å². The average molecular weight is 415 g/mol. The molecule has 0 bridgehead atoms. The molecule has 0 unspecified atom stereocenters. The summed E-state index contributed by atoms with van der Waals surface area (Å²) < 4.78 is 16.6. The van der Waals surface area contributed by atoms with Crippen LogP contribution in [0.3, 0.4) is 0 Å². The average Bonchev–Trinajstić information content (AvgIpc) is 2.72. The third kappa shape index (κ3) is 5.95. The lowest BCUT2D eigenvalue weighted by Crippen LogP contribution is -2.39. The molecular weight excluding hydrogens is 386 g/mol. The number of benzene rings is 1. The van der Waals surface area contributed by atoms with Gasteiger partial charge in [-0.15, -0.1) is 0 Å². The van der Waals surface area contributed by atoms with Crippen LogP contribution in [0.15, 0.2) is 42.6 Å². The number of aromatic hydroxyl groups is 1. The van der Waals surface area contributed by atoms with E-state index in [1.54, 1.807) is 6.92 Å². The molecule has 3 atom stereocenters. The summed E-state index contributed by atoms with van der Waals surface area (Å²) in [5, 5.41) is 10.1. The van der Waals surface area contributed by atoms with Gasteiger partial charge in [0.25, 0.3) is 0 Å². The lowest BCUT2D eigenvalue weighted by atomic mass is 10.00. The number of methoxy groups -OCH3 is 1. The van der Waals surface area contributed by atoms with Crippen molar-refractivity contribution in [3.63, 3.8) is 0 Å². The van der Waals surface area contributed by atoms with Crippen LogP contribution >= 0.6 is 0 Å². The third-order valence-corrected chi connectivity index (χ3v) is 4.70. The van der Waals surface area contributed by atoms with Crippen molar-refractivity contribution in [1.29, 1.82) is 0 Å². The molecule has 1 heterocycles. The Labute approximate surface area is 177 Å². The zero-order valence-corrected chi connectivity index (χ0v) is 18.0. The molecule has 0 saturated carbocycles. The summed E-state index contributed by atoms with van der Waals surface area (Å²) in [6.07, 6.45) is 0.360. The predicted octanol–water partition coefficient (Wildman–Crippen LogP) is 4.04. The topological polar surface area (TPSA) is 95.0 Å². The van der Waals surface area contributed by atoms with Crippen LogP contribution in [0.1, 0.15) is 44.6 Å². The van der Waals surface area contributed by atoms with Crippen molar-refractivity contribution in [2.45, 2.75) is 46.3 Å². The van der Waals surface area contributed by atoms with Gasteiger partial charge < -0.3 is 19.3 Å². The SMILES string of the molecule is COc1ccnc(C(=O)C[C@@H](C)C(=O)O[C@@H](C(C)C)[C@@H](C)Oc2ccccc2)c1O. The highest BCUT2D eigenvalue weighted by atomic mass is 16.6. The van der Waals surface area contributed by atoms with Crippen molar-refractivity contribution in [3.8, 4) is 17.2 Å². The number of hydrogen-bond donors (Lipinski definition) is 1. The molecule has 0 amide bonds. The highest BCUT2D eigenvalue weighted by Gasteiger charge is 2.30. The van der Waals surface area contributed by atoms with Gasteiger partial charge in [-0.25, -0.2) is 4.98 Å². The molecule has 162 valence electrons. The van der Waals surface area contributed by atoms with Gasteiger partial charge in [-0.3, -0.25) is 9.59 Å². The van der Waals surface area contributed by atoms with Crippen LogP contribution < -0.4 is 9.47 Å². The molecule has 0 aliphatic heterocycles. The molecule has 1 N–H and O–H groups in total. The van der Waals surface area contributed by atoms with E-state index in [2.05, 4.69) is 4.98 Å². The van der Waals surface area contributed by atoms with Gasteiger partial charge >= 0.3 is 5.97 Å². The van der Waals surface area contributed by atoms with E-state index in [0.717, 1.165) is 0 Å². The van der Waals surface area contributed by atoms with Gasteiger partial charge in [0.05, 0.1) is 13.0 Å². The summed E-state index contributed by atoms with van der Waals surface area (Å²) in [4.78, 5) is 29.1. The lowest BCUT2D eigenvalue weighted by molar-refractivity contribution is -0.161. The Kier molecular flexibility index (Phi) is 8.21. The number of pyridine rings is 1. The van der Waals surface area contributed by atoms with Gasteiger partial charge in [-0.05, 0) is 25.0 Å².